The van der Waals surface area contributed by atoms with Crippen LogP contribution in [0, 0.1) is 5.92 Å². The highest BCUT2D eigenvalue weighted by Crippen LogP contribution is 2.39. The van der Waals surface area contributed by atoms with Gasteiger partial charge in [-0.15, -0.1) is 11.3 Å². The van der Waals surface area contributed by atoms with Crippen LogP contribution in [0.3, 0.4) is 0 Å². The van der Waals surface area contributed by atoms with Gasteiger partial charge in [0.1, 0.15) is 5.01 Å². The van der Waals surface area contributed by atoms with E-state index in [9.17, 15) is 0 Å². The first kappa shape index (κ1) is 12.1. The Labute approximate surface area is 102 Å². The van der Waals surface area contributed by atoms with Crippen molar-refractivity contribution in [1.82, 2.24) is 10.3 Å². The zero-order valence-electron chi connectivity index (χ0n) is 10.7. The lowest BCUT2D eigenvalue weighted by molar-refractivity contribution is 0.238. The van der Waals surface area contributed by atoms with E-state index in [2.05, 4.69) is 38.5 Å². The van der Waals surface area contributed by atoms with Gasteiger partial charge in [0, 0.05) is 10.8 Å². The summed E-state index contributed by atoms with van der Waals surface area (Å²) >= 11 is 1.81. The molecule has 1 aliphatic rings. The first-order valence-corrected chi connectivity index (χ1v) is 7.03. The predicted octanol–water partition coefficient (Wildman–Crippen LogP) is 3.50. The third-order valence-electron chi connectivity index (χ3n) is 3.49. The van der Waals surface area contributed by atoms with Crippen LogP contribution >= 0.6 is 11.3 Å². The third-order valence-corrected chi connectivity index (χ3v) is 4.42. The van der Waals surface area contributed by atoms with Crippen molar-refractivity contribution in [3.05, 3.63) is 16.1 Å². The number of nitrogens with one attached hydrogen (secondary N) is 1. The maximum Gasteiger partial charge on any atom is 0.110 e. The first-order chi connectivity index (χ1) is 7.52. The van der Waals surface area contributed by atoms with Crippen molar-refractivity contribution in [2.24, 2.45) is 5.92 Å². The minimum Gasteiger partial charge on any atom is -0.311 e. The lowest BCUT2D eigenvalue weighted by atomic mass is 9.80. The van der Waals surface area contributed by atoms with E-state index in [-0.39, 0.29) is 5.41 Å². The molecule has 90 valence electrons. The van der Waals surface area contributed by atoms with Crippen molar-refractivity contribution in [1.29, 1.82) is 0 Å². The zero-order chi connectivity index (χ0) is 11.8. The molecular weight excluding hydrogens is 216 g/mol. The smallest absolute Gasteiger partial charge is 0.110 e. The van der Waals surface area contributed by atoms with Crippen molar-refractivity contribution >= 4 is 11.3 Å². The van der Waals surface area contributed by atoms with Crippen molar-refractivity contribution in [3.63, 3.8) is 0 Å². The molecule has 0 aliphatic heterocycles. The average Bonchev–Trinajstić information content (AvgIpc) is 2.58. The Morgan fingerprint density at radius 3 is 2.50 bits per heavy atom. The molecule has 0 saturated heterocycles. The van der Waals surface area contributed by atoms with Gasteiger partial charge in [-0.1, -0.05) is 27.2 Å². The number of hydrogen-bond acceptors (Lipinski definition) is 3. The molecule has 1 aromatic heterocycles. The highest BCUT2D eigenvalue weighted by atomic mass is 32.1. The molecule has 2 nitrogen and oxygen atoms in total. The minimum absolute atomic E-state index is 0.173. The van der Waals surface area contributed by atoms with E-state index in [4.69, 9.17) is 4.98 Å². The van der Waals surface area contributed by atoms with E-state index in [1.54, 1.807) is 0 Å². The molecule has 1 saturated carbocycles. The molecular formula is C13H22N2S. The summed E-state index contributed by atoms with van der Waals surface area (Å²) in [5.74, 6) is 0.809. The summed E-state index contributed by atoms with van der Waals surface area (Å²) in [7, 11) is 2.06. The summed E-state index contributed by atoms with van der Waals surface area (Å²) in [6.45, 7) is 6.68. The lowest BCUT2D eigenvalue weighted by Crippen LogP contribution is -2.29. The largest absolute Gasteiger partial charge is 0.311 e. The number of nitrogens with zero attached hydrogens (tertiary/aromatic N) is 1. The van der Waals surface area contributed by atoms with Crippen molar-refractivity contribution in [2.45, 2.75) is 51.5 Å². The molecule has 1 fully saturated rings. The van der Waals surface area contributed by atoms with E-state index in [0.29, 0.717) is 6.04 Å². The number of thiazole rings is 1. The Balaban J connectivity index is 2.16. The minimum atomic E-state index is 0.173. The Hall–Kier alpha value is -0.410. The first-order valence-electron chi connectivity index (χ1n) is 6.15. The van der Waals surface area contributed by atoms with E-state index < -0.39 is 0 Å². The molecule has 2 rings (SSSR count). The second-order valence-electron chi connectivity index (χ2n) is 5.78. The standard InChI is InChI=1S/C13H22N2S/c1-13(2,3)10-8-16-12(15-10)11(14-4)9-6-5-7-9/h8-9,11,14H,5-7H2,1-4H3. The second-order valence-corrected chi connectivity index (χ2v) is 6.67. The third kappa shape index (κ3) is 2.30. The maximum absolute atomic E-state index is 4.81. The molecule has 16 heavy (non-hydrogen) atoms. The van der Waals surface area contributed by atoms with Gasteiger partial charge in [-0.3, -0.25) is 0 Å². The summed E-state index contributed by atoms with van der Waals surface area (Å²) in [6, 6.07) is 0.481. The molecule has 0 aromatic carbocycles. The summed E-state index contributed by atoms with van der Waals surface area (Å²) in [6.07, 6.45) is 4.10. The summed E-state index contributed by atoms with van der Waals surface area (Å²) in [4.78, 5) is 4.81. The molecule has 0 radical (unpaired) electrons. The molecule has 0 bridgehead atoms. The fourth-order valence-electron chi connectivity index (χ4n) is 2.11. The molecule has 1 aliphatic carbocycles. The van der Waals surface area contributed by atoms with Crippen LogP contribution in [0.2, 0.25) is 0 Å². The van der Waals surface area contributed by atoms with Crippen LogP contribution in [0.15, 0.2) is 5.38 Å². The summed E-state index contributed by atoms with van der Waals surface area (Å²) < 4.78 is 0. The molecule has 3 heteroatoms. The van der Waals surface area contributed by atoms with Crippen LogP contribution in [0.4, 0.5) is 0 Å². The highest BCUT2D eigenvalue weighted by molar-refractivity contribution is 7.09. The lowest BCUT2D eigenvalue weighted by Gasteiger charge is -2.32. The van der Waals surface area contributed by atoms with Gasteiger partial charge in [0.2, 0.25) is 0 Å². The van der Waals surface area contributed by atoms with E-state index >= 15 is 0 Å². The number of hydrogen-bond donors (Lipinski definition) is 1. The number of rotatable bonds is 3. The van der Waals surface area contributed by atoms with E-state index in [1.165, 1.54) is 30.0 Å². The summed E-state index contributed by atoms with van der Waals surface area (Å²) in [5, 5.41) is 6.93. The average molecular weight is 238 g/mol. The fourth-order valence-corrected chi connectivity index (χ4v) is 3.36. The fraction of sp³-hybridized carbons (Fsp3) is 0.769. The van der Waals surface area contributed by atoms with Gasteiger partial charge in [0.25, 0.3) is 0 Å². The van der Waals surface area contributed by atoms with Crippen molar-refractivity contribution < 1.29 is 0 Å². The second kappa shape index (κ2) is 4.46. The van der Waals surface area contributed by atoms with Crippen molar-refractivity contribution in [2.75, 3.05) is 7.05 Å². The number of aromatic nitrogens is 1. The summed E-state index contributed by atoms with van der Waals surface area (Å²) in [5.41, 5.74) is 1.40. The monoisotopic (exact) mass is 238 g/mol. The molecule has 1 atom stereocenters. The van der Waals surface area contributed by atoms with Gasteiger partial charge in [-0.2, -0.15) is 0 Å². The quantitative estimate of drug-likeness (QED) is 0.872. The van der Waals surface area contributed by atoms with Gasteiger partial charge in [0.15, 0.2) is 0 Å². The van der Waals surface area contributed by atoms with Crippen LogP contribution < -0.4 is 5.32 Å². The van der Waals surface area contributed by atoms with Crippen LogP contribution in [0.25, 0.3) is 0 Å². The topological polar surface area (TPSA) is 24.9 Å². The molecule has 1 aromatic rings. The van der Waals surface area contributed by atoms with Gasteiger partial charge in [-0.25, -0.2) is 4.98 Å². The van der Waals surface area contributed by atoms with Crippen molar-refractivity contribution in [3.8, 4) is 0 Å². The van der Waals surface area contributed by atoms with Crippen LogP contribution in [0.1, 0.15) is 56.8 Å². The zero-order valence-corrected chi connectivity index (χ0v) is 11.5. The van der Waals surface area contributed by atoms with Crippen LogP contribution in [-0.2, 0) is 5.41 Å². The maximum atomic E-state index is 4.81. The molecule has 1 heterocycles. The normalized spacial score (nSPS) is 19.5. The van der Waals surface area contributed by atoms with Gasteiger partial charge in [0.05, 0.1) is 11.7 Å². The van der Waals surface area contributed by atoms with Gasteiger partial charge < -0.3 is 5.32 Å². The van der Waals surface area contributed by atoms with Gasteiger partial charge in [-0.05, 0) is 25.8 Å². The SMILES string of the molecule is CNC(c1nc(C(C)(C)C)cs1)C1CCC1. The highest BCUT2D eigenvalue weighted by Gasteiger charge is 2.30. The van der Waals surface area contributed by atoms with E-state index in [1.807, 2.05) is 11.3 Å². The molecule has 1 N–H and O–H groups in total. The Morgan fingerprint density at radius 2 is 2.12 bits per heavy atom. The van der Waals surface area contributed by atoms with Crippen LogP contribution in [-0.4, -0.2) is 12.0 Å². The Bertz CT molecular complexity index is 347. The predicted molar refractivity (Wildman–Crippen MR) is 70.0 cm³/mol. The molecule has 1 unspecified atom stereocenters. The Kier molecular flexibility index (Phi) is 3.36. The molecule has 0 spiro atoms. The van der Waals surface area contributed by atoms with E-state index in [0.717, 1.165) is 5.92 Å². The van der Waals surface area contributed by atoms with Crippen LogP contribution in [0.5, 0.6) is 0 Å². The van der Waals surface area contributed by atoms with Gasteiger partial charge >= 0.3 is 0 Å². The Morgan fingerprint density at radius 1 is 1.44 bits per heavy atom. The molecule has 0 amide bonds.